The standard InChI is InChI=1S/C17H16O4/c18-16(19)15-11-20-12-17(21-15,13-7-3-1-4-8-13)14-9-5-2-6-10-14/h1-10,15H,11-12H2,(H,18,19)/t15-/m1/s1. The second-order valence-corrected chi connectivity index (χ2v) is 5.02. The number of benzene rings is 2. The minimum atomic E-state index is -1.01. The van der Waals surface area contributed by atoms with Crippen molar-refractivity contribution in [2.24, 2.45) is 0 Å². The fourth-order valence-electron chi connectivity index (χ4n) is 2.63. The first-order valence-corrected chi connectivity index (χ1v) is 6.82. The highest BCUT2D eigenvalue weighted by atomic mass is 16.6. The SMILES string of the molecule is O=C(O)[C@H]1COCC(c2ccccc2)(c2ccccc2)O1. The monoisotopic (exact) mass is 284 g/mol. The average Bonchev–Trinajstić information content (AvgIpc) is 2.56. The molecule has 1 N–H and O–H groups in total. The normalized spacial score (nSPS) is 20.9. The van der Waals surface area contributed by atoms with E-state index >= 15 is 0 Å². The molecule has 0 saturated carbocycles. The van der Waals surface area contributed by atoms with Crippen LogP contribution in [0.4, 0.5) is 0 Å². The molecule has 1 saturated heterocycles. The summed E-state index contributed by atoms with van der Waals surface area (Å²) in [5.74, 6) is -1.01. The van der Waals surface area contributed by atoms with E-state index in [0.29, 0.717) is 6.61 Å². The summed E-state index contributed by atoms with van der Waals surface area (Å²) in [7, 11) is 0. The first-order valence-electron chi connectivity index (χ1n) is 6.82. The van der Waals surface area contributed by atoms with Crippen molar-refractivity contribution in [1.29, 1.82) is 0 Å². The molecule has 2 aromatic rings. The van der Waals surface area contributed by atoms with Crippen molar-refractivity contribution in [3.63, 3.8) is 0 Å². The third-order valence-electron chi connectivity index (χ3n) is 3.67. The number of carboxylic acids is 1. The van der Waals surface area contributed by atoms with Crippen LogP contribution >= 0.6 is 0 Å². The molecule has 0 unspecified atom stereocenters. The Hall–Kier alpha value is -2.17. The highest BCUT2D eigenvalue weighted by molar-refractivity contribution is 5.72. The largest absolute Gasteiger partial charge is 0.479 e. The van der Waals surface area contributed by atoms with E-state index < -0.39 is 17.7 Å². The van der Waals surface area contributed by atoms with Gasteiger partial charge in [0.2, 0.25) is 0 Å². The molecular weight excluding hydrogens is 268 g/mol. The van der Waals surface area contributed by atoms with Crippen LogP contribution in [-0.2, 0) is 19.9 Å². The van der Waals surface area contributed by atoms with Crippen molar-refractivity contribution in [1.82, 2.24) is 0 Å². The van der Waals surface area contributed by atoms with Crippen LogP contribution in [0.3, 0.4) is 0 Å². The van der Waals surface area contributed by atoms with Gasteiger partial charge in [-0.05, 0) is 11.1 Å². The van der Waals surface area contributed by atoms with Gasteiger partial charge >= 0.3 is 5.97 Å². The summed E-state index contributed by atoms with van der Waals surface area (Å²) < 4.78 is 11.5. The number of aliphatic carboxylic acids is 1. The van der Waals surface area contributed by atoms with Crippen molar-refractivity contribution in [3.05, 3.63) is 71.8 Å². The summed E-state index contributed by atoms with van der Waals surface area (Å²) in [5.41, 5.74) is 0.897. The Morgan fingerprint density at radius 3 is 2.00 bits per heavy atom. The lowest BCUT2D eigenvalue weighted by Crippen LogP contribution is -2.49. The van der Waals surface area contributed by atoms with Crippen molar-refractivity contribution in [3.8, 4) is 0 Å². The van der Waals surface area contributed by atoms with Gasteiger partial charge in [-0.2, -0.15) is 0 Å². The molecule has 2 aromatic carbocycles. The zero-order valence-corrected chi connectivity index (χ0v) is 11.4. The van der Waals surface area contributed by atoms with Gasteiger partial charge < -0.3 is 14.6 Å². The van der Waals surface area contributed by atoms with Crippen molar-refractivity contribution in [2.75, 3.05) is 13.2 Å². The number of carbonyl (C=O) groups is 1. The van der Waals surface area contributed by atoms with Crippen molar-refractivity contribution >= 4 is 5.97 Å². The average molecular weight is 284 g/mol. The highest BCUT2D eigenvalue weighted by Gasteiger charge is 2.43. The number of carboxylic acid groups (broad SMARTS) is 1. The summed E-state index contributed by atoms with van der Waals surface area (Å²) >= 11 is 0. The predicted octanol–water partition coefficient (Wildman–Crippen LogP) is 2.43. The first kappa shape index (κ1) is 13.8. The lowest BCUT2D eigenvalue weighted by atomic mass is 9.86. The van der Waals surface area contributed by atoms with Gasteiger partial charge in [0.15, 0.2) is 6.10 Å². The Balaban J connectivity index is 2.09. The van der Waals surface area contributed by atoms with E-state index in [2.05, 4.69) is 0 Å². The van der Waals surface area contributed by atoms with E-state index in [9.17, 15) is 9.90 Å². The molecule has 0 aliphatic carbocycles. The summed E-state index contributed by atoms with van der Waals surface area (Å²) in [6.07, 6.45) is -0.973. The predicted molar refractivity (Wildman–Crippen MR) is 77.0 cm³/mol. The number of hydrogen-bond acceptors (Lipinski definition) is 3. The molecule has 4 heteroatoms. The third-order valence-corrected chi connectivity index (χ3v) is 3.67. The van der Waals surface area contributed by atoms with Gasteiger partial charge in [0.1, 0.15) is 5.60 Å². The molecule has 1 aliphatic rings. The van der Waals surface area contributed by atoms with Gasteiger partial charge in [0, 0.05) is 0 Å². The molecule has 0 bridgehead atoms. The molecule has 0 aromatic heterocycles. The van der Waals surface area contributed by atoms with Crippen LogP contribution in [0, 0.1) is 0 Å². The highest BCUT2D eigenvalue weighted by Crippen LogP contribution is 2.37. The Morgan fingerprint density at radius 2 is 1.52 bits per heavy atom. The second kappa shape index (κ2) is 5.68. The molecule has 0 radical (unpaired) electrons. The maximum absolute atomic E-state index is 11.3. The van der Waals surface area contributed by atoms with Crippen molar-refractivity contribution in [2.45, 2.75) is 11.7 Å². The van der Waals surface area contributed by atoms with Gasteiger partial charge in [0.05, 0.1) is 13.2 Å². The number of ether oxygens (including phenoxy) is 2. The lowest BCUT2D eigenvalue weighted by Gasteiger charge is -2.40. The van der Waals surface area contributed by atoms with Crippen LogP contribution < -0.4 is 0 Å². The molecular formula is C17H16O4. The van der Waals surface area contributed by atoms with Gasteiger partial charge in [-0.25, -0.2) is 4.79 Å². The van der Waals surface area contributed by atoms with E-state index in [0.717, 1.165) is 11.1 Å². The maximum Gasteiger partial charge on any atom is 0.335 e. The molecule has 21 heavy (non-hydrogen) atoms. The van der Waals surface area contributed by atoms with Crippen LogP contribution in [0.15, 0.2) is 60.7 Å². The van der Waals surface area contributed by atoms with E-state index in [4.69, 9.17) is 9.47 Å². The van der Waals surface area contributed by atoms with E-state index in [1.54, 1.807) is 0 Å². The summed E-state index contributed by atoms with van der Waals surface area (Å²) in [6, 6.07) is 19.2. The van der Waals surface area contributed by atoms with E-state index in [1.165, 1.54) is 0 Å². The van der Waals surface area contributed by atoms with Gasteiger partial charge in [0.25, 0.3) is 0 Å². The van der Waals surface area contributed by atoms with E-state index in [-0.39, 0.29) is 6.61 Å². The third kappa shape index (κ3) is 2.55. The Kier molecular flexibility index (Phi) is 3.73. The van der Waals surface area contributed by atoms with Crippen LogP contribution in [0.5, 0.6) is 0 Å². The van der Waals surface area contributed by atoms with Crippen molar-refractivity contribution < 1.29 is 19.4 Å². The molecule has 4 nitrogen and oxygen atoms in total. The molecule has 0 spiro atoms. The van der Waals surface area contributed by atoms with Crippen LogP contribution in [-0.4, -0.2) is 30.4 Å². The molecule has 1 atom stereocenters. The number of hydrogen-bond donors (Lipinski definition) is 1. The topological polar surface area (TPSA) is 55.8 Å². The molecule has 3 rings (SSSR count). The first-order chi connectivity index (χ1) is 10.2. The van der Waals surface area contributed by atoms with Crippen LogP contribution in [0.2, 0.25) is 0 Å². The Morgan fingerprint density at radius 1 is 1.00 bits per heavy atom. The lowest BCUT2D eigenvalue weighted by molar-refractivity contribution is -0.202. The summed E-state index contributed by atoms with van der Waals surface area (Å²) in [4.78, 5) is 11.3. The molecule has 0 amide bonds. The molecule has 1 fully saturated rings. The Bertz CT molecular complexity index is 570. The van der Waals surface area contributed by atoms with Gasteiger partial charge in [-0.1, -0.05) is 60.7 Å². The fourth-order valence-corrected chi connectivity index (χ4v) is 2.63. The zero-order chi connectivity index (χ0) is 14.7. The maximum atomic E-state index is 11.3. The Labute approximate surface area is 122 Å². The molecule has 1 heterocycles. The zero-order valence-electron chi connectivity index (χ0n) is 11.4. The van der Waals surface area contributed by atoms with E-state index in [1.807, 2.05) is 60.7 Å². The fraction of sp³-hybridized carbons (Fsp3) is 0.235. The minimum absolute atomic E-state index is 0.0662. The molecule has 108 valence electrons. The minimum Gasteiger partial charge on any atom is -0.479 e. The quantitative estimate of drug-likeness (QED) is 0.940. The van der Waals surface area contributed by atoms with Crippen LogP contribution in [0.25, 0.3) is 0 Å². The summed E-state index contributed by atoms with van der Waals surface area (Å²) in [6.45, 7) is 0.363. The van der Waals surface area contributed by atoms with Gasteiger partial charge in [-0.3, -0.25) is 0 Å². The smallest absolute Gasteiger partial charge is 0.335 e. The second-order valence-electron chi connectivity index (χ2n) is 5.02. The van der Waals surface area contributed by atoms with Crippen LogP contribution in [0.1, 0.15) is 11.1 Å². The summed E-state index contributed by atoms with van der Waals surface area (Å²) in [5, 5.41) is 9.26. The van der Waals surface area contributed by atoms with Gasteiger partial charge in [-0.15, -0.1) is 0 Å². The number of rotatable bonds is 3. The molecule has 1 aliphatic heterocycles.